The molecule has 2 aromatic heterocycles. The molecule has 0 atom stereocenters. The summed E-state index contributed by atoms with van der Waals surface area (Å²) in [6, 6.07) is 14.7. The Balaban J connectivity index is 0.000000598. The highest BCUT2D eigenvalue weighted by Crippen LogP contribution is 2.32. The number of benzene rings is 2. The van der Waals surface area contributed by atoms with Gasteiger partial charge < -0.3 is 42.1 Å². The van der Waals surface area contributed by atoms with Crippen molar-refractivity contribution in [3.8, 4) is 12.1 Å². The number of nitriles is 2. The highest BCUT2D eigenvalue weighted by Gasteiger charge is 2.26. The summed E-state index contributed by atoms with van der Waals surface area (Å²) in [6.45, 7) is 17.5. The smallest absolute Gasteiger partial charge is 0.251 e. The molecule has 7 N–H and O–H groups in total. The molecule has 0 aliphatic carbocycles. The average Bonchev–Trinajstić information content (AvgIpc) is 3.20. The standard InChI is InChI=1S/C21H29N7O.C21H28N6O3S.CH5N.CH4/c1-13-8-9-14(19(29)23-5)10-16(13)25-17-15(11-22)18(27-20(24-6)26-17)28(7)12-21(2,3)4;1-13-8-9-14(19(28)23-5)10-16(13)24-17-15(11-22)18(27(6)12-21(2,3)4)26-20(25-17)31(7,29)30;1-2;/h8-10H,12H2,1-7H3,(H,23,29)(H2,24,25,26,27);8-10H,12H2,1-7H3,(H,23,28)(H,24,25,26);2H2,1H3;1H4. The van der Waals surface area contributed by atoms with Gasteiger partial charge in [-0.3, -0.25) is 9.59 Å². The molecule has 2 aromatic carbocycles. The van der Waals surface area contributed by atoms with Gasteiger partial charge in [0.05, 0.1) is 0 Å². The molecule has 2 amide bonds. The number of carbonyl (C=O) groups is 2. The third-order valence-corrected chi connectivity index (χ3v) is 9.49. The van der Waals surface area contributed by atoms with E-state index in [0.717, 1.165) is 17.4 Å². The van der Waals surface area contributed by atoms with Gasteiger partial charge in [-0.15, -0.1) is 0 Å². The largest absolute Gasteiger partial charge is 0.358 e. The molecule has 0 radical (unpaired) electrons. The van der Waals surface area contributed by atoms with E-state index in [1.807, 2.05) is 52.6 Å². The summed E-state index contributed by atoms with van der Waals surface area (Å²) < 4.78 is 24.5. The van der Waals surface area contributed by atoms with Gasteiger partial charge in [-0.2, -0.15) is 30.5 Å². The Hall–Kier alpha value is -6.57. The molecule has 19 heteroatoms. The molecule has 0 aliphatic heterocycles. The monoisotopic (exact) mass is 887 g/mol. The fourth-order valence-corrected chi connectivity index (χ4v) is 6.52. The average molecular weight is 887 g/mol. The number of carbonyl (C=O) groups excluding carboxylic acids is 2. The van der Waals surface area contributed by atoms with Crippen LogP contribution in [0.3, 0.4) is 0 Å². The number of nitrogens with zero attached hydrogens (tertiary/aromatic N) is 8. The summed E-state index contributed by atoms with van der Waals surface area (Å²) in [6.07, 6.45) is 1.02. The van der Waals surface area contributed by atoms with Crippen LogP contribution in [-0.4, -0.2) is 102 Å². The fraction of sp³-hybridized carbons (Fsp3) is 0.455. The quantitative estimate of drug-likeness (QED) is 0.0873. The lowest BCUT2D eigenvalue weighted by Crippen LogP contribution is -2.31. The van der Waals surface area contributed by atoms with Gasteiger partial charge in [-0.25, -0.2) is 8.42 Å². The predicted octanol–water partition coefficient (Wildman–Crippen LogP) is 6.14. The van der Waals surface area contributed by atoms with Gasteiger partial charge in [0.1, 0.15) is 23.3 Å². The van der Waals surface area contributed by atoms with Crippen LogP contribution in [0.5, 0.6) is 0 Å². The Morgan fingerprint density at radius 2 is 1.08 bits per heavy atom. The highest BCUT2D eigenvalue weighted by molar-refractivity contribution is 7.90. The number of hydrogen-bond acceptors (Lipinski definition) is 16. The SMILES string of the molecule is C.CN.CNC(=O)c1ccc(C)c(Nc2nc(NC)nc(N(C)CC(C)(C)C)c2C#N)c1.CNC(=O)c1ccc(C)c(Nc2nc(S(C)(=O)=O)nc(N(C)CC(C)(C)C)c2C#N)c1. The van der Waals surface area contributed by atoms with Gasteiger partial charge in [0.15, 0.2) is 23.3 Å². The Morgan fingerprint density at radius 3 is 1.41 bits per heavy atom. The summed E-state index contributed by atoms with van der Waals surface area (Å²) >= 11 is 0. The first-order valence-electron chi connectivity index (χ1n) is 19.6. The summed E-state index contributed by atoms with van der Waals surface area (Å²) in [5.74, 6) is 1.17. The molecular weight excluding hydrogens is 821 g/mol. The van der Waals surface area contributed by atoms with Crippen molar-refractivity contribution in [1.29, 1.82) is 10.5 Å². The van der Waals surface area contributed by atoms with Crippen molar-refractivity contribution >= 4 is 62.2 Å². The number of amides is 2. The van der Waals surface area contributed by atoms with E-state index in [2.05, 4.69) is 85.2 Å². The Morgan fingerprint density at radius 1 is 0.698 bits per heavy atom. The first-order chi connectivity index (χ1) is 28.9. The number of anilines is 7. The first kappa shape index (κ1) is 54.4. The van der Waals surface area contributed by atoms with Crippen molar-refractivity contribution < 1.29 is 18.0 Å². The Kier molecular flexibility index (Phi) is 19.9. The van der Waals surface area contributed by atoms with Crippen molar-refractivity contribution in [2.45, 2.75) is 68.0 Å². The van der Waals surface area contributed by atoms with Gasteiger partial charge >= 0.3 is 0 Å². The summed E-state index contributed by atoms with van der Waals surface area (Å²) in [5.41, 5.74) is 8.75. The molecule has 0 unspecified atom stereocenters. The van der Waals surface area contributed by atoms with Crippen LogP contribution in [0.2, 0.25) is 0 Å². The van der Waals surface area contributed by atoms with Gasteiger partial charge in [0.25, 0.3) is 17.0 Å². The molecule has 0 fully saturated rings. The van der Waals surface area contributed by atoms with Crippen LogP contribution in [0, 0.1) is 47.3 Å². The van der Waals surface area contributed by atoms with E-state index in [0.29, 0.717) is 58.7 Å². The minimum atomic E-state index is -3.74. The molecule has 2 heterocycles. The summed E-state index contributed by atoms with van der Waals surface area (Å²) in [7, 11) is 6.27. The number of nitrogens with one attached hydrogen (secondary N) is 5. The molecule has 4 rings (SSSR count). The van der Waals surface area contributed by atoms with E-state index in [4.69, 9.17) is 0 Å². The van der Waals surface area contributed by atoms with Gasteiger partial charge in [0, 0.05) is 77.1 Å². The lowest BCUT2D eigenvalue weighted by molar-refractivity contribution is 0.0955. The third kappa shape index (κ3) is 15.4. The summed E-state index contributed by atoms with van der Waals surface area (Å²) in [4.78, 5) is 45.0. The maximum Gasteiger partial charge on any atom is 0.251 e. The van der Waals surface area contributed by atoms with E-state index >= 15 is 0 Å². The van der Waals surface area contributed by atoms with Crippen molar-refractivity contribution in [3.63, 3.8) is 0 Å². The van der Waals surface area contributed by atoms with Gasteiger partial charge in [-0.05, 0) is 67.1 Å². The zero-order chi connectivity index (χ0) is 47.3. The summed E-state index contributed by atoms with van der Waals surface area (Å²) in [5, 5.41) is 33.7. The van der Waals surface area contributed by atoms with Crippen LogP contribution >= 0.6 is 0 Å². The highest BCUT2D eigenvalue weighted by atomic mass is 32.2. The predicted molar refractivity (Wildman–Crippen MR) is 254 cm³/mol. The topological polar surface area (TPSA) is 260 Å². The van der Waals surface area contributed by atoms with E-state index < -0.39 is 9.84 Å². The minimum Gasteiger partial charge on any atom is -0.358 e. The van der Waals surface area contributed by atoms with Crippen LogP contribution in [0.1, 0.15) is 91.9 Å². The second kappa shape index (κ2) is 23.0. The van der Waals surface area contributed by atoms with Crippen LogP contribution < -0.4 is 42.1 Å². The van der Waals surface area contributed by atoms with Gasteiger partial charge in [-0.1, -0.05) is 61.1 Å². The number of sulfone groups is 1. The van der Waals surface area contributed by atoms with Gasteiger partial charge in [0.2, 0.25) is 15.8 Å². The second-order valence-electron chi connectivity index (χ2n) is 16.7. The van der Waals surface area contributed by atoms with Crippen molar-refractivity contribution in [2.75, 3.05) is 87.4 Å². The fourth-order valence-electron chi connectivity index (χ4n) is 6.01. The lowest BCUT2D eigenvalue weighted by Gasteiger charge is -2.28. The Labute approximate surface area is 374 Å². The normalized spacial score (nSPS) is 10.8. The molecule has 0 saturated heterocycles. The van der Waals surface area contributed by atoms with Crippen LogP contribution in [0.15, 0.2) is 41.6 Å². The van der Waals surface area contributed by atoms with Crippen molar-refractivity contribution in [1.82, 2.24) is 30.6 Å². The number of rotatable bonds is 12. The molecular formula is C44H66N14O4S. The second-order valence-corrected chi connectivity index (χ2v) is 18.6. The molecule has 0 spiro atoms. The van der Waals surface area contributed by atoms with E-state index in [-0.39, 0.29) is 52.4 Å². The maximum absolute atomic E-state index is 12.2. The number of aryl methyl sites for hydroxylation is 2. The minimum absolute atomic E-state index is 0. The van der Waals surface area contributed by atoms with E-state index in [1.54, 1.807) is 56.4 Å². The molecule has 0 saturated carbocycles. The molecule has 18 nitrogen and oxygen atoms in total. The zero-order valence-electron chi connectivity index (χ0n) is 38.6. The number of nitrogens with two attached hydrogens (primary N) is 1. The Bertz CT molecular complexity index is 2430. The van der Waals surface area contributed by atoms with Crippen LogP contribution in [-0.2, 0) is 9.84 Å². The number of aromatic nitrogens is 4. The first-order valence-corrected chi connectivity index (χ1v) is 21.5. The molecule has 0 aliphatic rings. The van der Waals surface area contributed by atoms with Crippen LogP contribution in [0.25, 0.3) is 0 Å². The van der Waals surface area contributed by atoms with Crippen LogP contribution in [0.4, 0.5) is 40.6 Å². The third-order valence-electron chi connectivity index (χ3n) is 8.64. The van der Waals surface area contributed by atoms with E-state index in [1.165, 1.54) is 14.1 Å². The number of hydrogen-bond donors (Lipinski definition) is 6. The lowest BCUT2D eigenvalue weighted by atomic mass is 9.96. The van der Waals surface area contributed by atoms with Crippen molar-refractivity contribution in [2.24, 2.45) is 16.6 Å². The van der Waals surface area contributed by atoms with Crippen molar-refractivity contribution in [3.05, 3.63) is 69.8 Å². The molecule has 4 aromatic rings. The molecule has 342 valence electrons. The maximum atomic E-state index is 12.2. The zero-order valence-corrected chi connectivity index (χ0v) is 39.4. The molecule has 63 heavy (non-hydrogen) atoms. The van der Waals surface area contributed by atoms with E-state index in [9.17, 15) is 28.5 Å². The molecule has 0 bridgehead atoms.